The molecule has 0 aromatic heterocycles. The first-order valence-electron chi connectivity index (χ1n) is 6.03. The van der Waals surface area contributed by atoms with Crippen LogP contribution in [0.15, 0.2) is 0 Å². The highest BCUT2D eigenvalue weighted by Crippen LogP contribution is 2.19. The van der Waals surface area contributed by atoms with E-state index in [9.17, 15) is 0 Å². The van der Waals surface area contributed by atoms with Gasteiger partial charge in [0.1, 0.15) is 6.04 Å². The fourth-order valence-corrected chi connectivity index (χ4v) is 1.77. The van der Waals surface area contributed by atoms with Gasteiger partial charge in [-0.1, -0.05) is 20.8 Å². The molecule has 0 bridgehead atoms. The number of likely N-dealkylation sites (N-methyl/N-ethyl adjacent to an activating group) is 1. The Bertz CT molecular complexity index is 215. The highest BCUT2D eigenvalue weighted by atomic mass is 15.2. The summed E-state index contributed by atoms with van der Waals surface area (Å²) in [4.78, 5) is 2.36. The van der Waals surface area contributed by atoms with E-state index < -0.39 is 0 Å². The standard InChI is InChI=1S/C12H23N3/c1-4-15(8-10(2)3)9-12(7-13)14-11-5-6-11/h10-12,14H,4-6,8-9H2,1-3H3. The number of nitrogens with one attached hydrogen (secondary N) is 1. The van der Waals surface area contributed by atoms with Crippen LogP contribution in [-0.2, 0) is 0 Å². The molecule has 1 N–H and O–H groups in total. The van der Waals surface area contributed by atoms with E-state index in [1.165, 1.54) is 12.8 Å². The third-order valence-electron chi connectivity index (χ3n) is 2.68. The van der Waals surface area contributed by atoms with Crippen molar-refractivity contribution in [1.82, 2.24) is 10.2 Å². The van der Waals surface area contributed by atoms with Crippen molar-refractivity contribution in [3.8, 4) is 6.07 Å². The molecule has 1 fully saturated rings. The highest BCUT2D eigenvalue weighted by molar-refractivity contribution is 4.97. The maximum Gasteiger partial charge on any atom is 0.108 e. The fraction of sp³-hybridized carbons (Fsp3) is 0.917. The molecular formula is C12H23N3. The maximum atomic E-state index is 9.04. The van der Waals surface area contributed by atoms with Crippen LogP contribution >= 0.6 is 0 Å². The van der Waals surface area contributed by atoms with Crippen molar-refractivity contribution >= 4 is 0 Å². The molecule has 1 rings (SSSR count). The zero-order valence-electron chi connectivity index (χ0n) is 10.2. The maximum absolute atomic E-state index is 9.04. The second-order valence-corrected chi connectivity index (χ2v) is 4.87. The van der Waals surface area contributed by atoms with E-state index in [1.54, 1.807) is 0 Å². The Labute approximate surface area is 93.5 Å². The average molecular weight is 209 g/mol. The van der Waals surface area contributed by atoms with Gasteiger partial charge in [-0.3, -0.25) is 5.32 Å². The Morgan fingerprint density at radius 1 is 1.40 bits per heavy atom. The summed E-state index contributed by atoms with van der Waals surface area (Å²) in [7, 11) is 0. The predicted molar refractivity (Wildman–Crippen MR) is 62.5 cm³/mol. The van der Waals surface area contributed by atoms with Gasteiger partial charge in [0.25, 0.3) is 0 Å². The normalized spacial score (nSPS) is 18.1. The molecule has 1 aliphatic rings. The van der Waals surface area contributed by atoms with E-state index in [-0.39, 0.29) is 6.04 Å². The van der Waals surface area contributed by atoms with E-state index in [0.717, 1.165) is 19.6 Å². The summed E-state index contributed by atoms with van der Waals surface area (Å²) in [5.74, 6) is 0.671. The molecule has 0 aromatic rings. The van der Waals surface area contributed by atoms with Gasteiger partial charge in [-0.05, 0) is 25.3 Å². The Hall–Kier alpha value is -0.590. The molecule has 0 saturated heterocycles. The van der Waals surface area contributed by atoms with Gasteiger partial charge in [-0.25, -0.2) is 0 Å². The van der Waals surface area contributed by atoms with Crippen molar-refractivity contribution < 1.29 is 0 Å². The van der Waals surface area contributed by atoms with Gasteiger partial charge in [0.05, 0.1) is 6.07 Å². The molecule has 3 nitrogen and oxygen atoms in total. The first-order valence-corrected chi connectivity index (χ1v) is 6.03. The average Bonchev–Trinajstić information content (AvgIpc) is 2.98. The Kier molecular flexibility index (Phi) is 5.07. The Morgan fingerprint density at radius 3 is 2.47 bits per heavy atom. The van der Waals surface area contributed by atoms with E-state index in [4.69, 9.17) is 5.26 Å². The van der Waals surface area contributed by atoms with Crippen LogP contribution in [0.5, 0.6) is 0 Å². The van der Waals surface area contributed by atoms with Crippen molar-refractivity contribution in [3.63, 3.8) is 0 Å². The molecule has 0 spiro atoms. The van der Waals surface area contributed by atoms with E-state index in [1.807, 2.05) is 0 Å². The number of hydrogen-bond acceptors (Lipinski definition) is 3. The minimum Gasteiger partial charge on any atom is -0.301 e. The van der Waals surface area contributed by atoms with Gasteiger partial charge in [0.15, 0.2) is 0 Å². The molecule has 0 radical (unpaired) electrons. The van der Waals surface area contributed by atoms with E-state index >= 15 is 0 Å². The first-order chi connectivity index (χ1) is 7.15. The topological polar surface area (TPSA) is 39.1 Å². The summed E-state index contributed by atoms with van der Waals surface area (Å²) < 4.78 is 0. The summed E-state index contributed by atoms with van der Waals surface area (Å²) in [6.07, 6.45) is 2.49. The lowest BCUT2D eigenvalue weighted by Crippen LogP contribution is -2.42. The first kappa shape index (κ1) is 12.5. The summed E-state index contributed by atoms with van der Waals surface area (Å²) in [5.41, 5.74) is 0. The smallest absolute Gasteiger partial charge is 0.108 e. The van der Waals surface area contributed by atoms with Gasteiger partial charge in [0.2, 0.25) is 0 Å². The Morgan fingerprint density at radius 2 is 2.07 bits per heavy atom. The largest absolute Gasteiger partial charge is 0.301 e. The molecule has 1 aliphatic carbocycles. The molecule has 15 heavy (non-hydrogen) atoms. The lowest BCUT2D eigenvalue weighted by Gasteiger charge is -2.25. The summed E-state index contributed by atoms with van der Waals surface area (Å²) >= 11 is 0. The van der Waals surface area contributed by atoms with Crippen LogP contribution < -0.4 is 5.32 Å². The van der Waals surface area contributed by atoms with Crippen molar-refractivity contribution in [1.29, 1.82) is 5.26 Å². The van der Waals surface area contributed by atoms with Crippen molar-refractivity contribution in [3.05, 3.63) is 0 Å². The summed E-state index contributed by atoms with van der Waals surface area (Å²) in [6, 6.07) is 2.99. The summed E-state index contributed by atoms with van der Waals surface area (Å²) in [5, 5.41) is 12.4. The SMILES string of the molecule is CCN(CC(C)C)CC(C#N)NC1CC1. The molecule has 1 saturated carbocycles. The zero-order chi connectivity index (χ0) is 11.3. The minimum absolute atomic E-state index is 0.0104. The molecule has 0 heterocycles. The van der Waals surface area contributed by atoms with Crippen LogP contribution in [-0.4, -0.2) is 36.6 Å². The molecular weight excluding hydrogens is 186 g/mol. The lowest BCUT2D eigenvalue weighted by atomic mass is 10.2. The van der Waals surface area contributed by atoms with Crippen LogP contribution in [0, 0.1) is 17.2 Å². The molecule has 86 valence electrons. The molecule has 3 heteroatoms. The highest BCUT2D eigenvalue weighted by Gasteiger charge is 2.25. The van der Waals surface area contributed by atoms with Crippen molar-refractivity contribution in [2.75, 3.05) is 19.6 Å². The van der Waals surface area contributed by atoms with Gasteiger partial charge < -0.3 is 4.90 Å². The zero-order valence-corrected chi connectivity index (χ0v) is 10.2. The van der Waals surface area contributed by atoms with Crippen LogP contribution in [0.3, 0.4) is 0 Å². The van der Waals surface area contributed by atoms with Gasteiger partial charge in [-0.15, -0.1) is 0 Å². The van der Waals surface area contributed by atoms with E-state index in [0.29, 0.717) is 12.0 Å². The quantitative estimate of drug-likeness (QED) is 0.692. The summed E-state index contributed by atoms with van der Waals surface area (Å²) in [6.45, 7) is 9.58. The monoisotopic (exact) mass is 209 g/mol. The molecule has 0 aromatic carbocycles. The third kappa shape index (κ3) is 5.15. The molecule has 1 unspecified atom stereocenters. The Balaban J connectivity index is 2.30. The fourth-order valence-electron chi connectivity index (χ4n) is 1.77. The number of rotatable bonds is 7. The van der Waals surface area contributed by atoms with Crippen LogP contribution in [0.25, 0.3) is 0 Å². The van der Waals surface area contributed by atoms with Crippen molar-refractivity contribution in [2.24, 2.45) is 5.92 Å². The second-order valence-electron chi connectivity index (χ2n) is 4.87. The van der Waals surface area contributed by atoms with Crippen molar-refractivity contribution in [2.45, 2.75) is 45.7 Å². The van der Waals surface area contributed by atoms with Gasteiger partial charge in [-0.2, -0.15) is 5.26 Å². The number of nitriles is 1. The van der Waals surface area contributed by atoms with Crippen LogP contribution in [0.2, 0.25) is 0 Å². The predicted octanol–water partition coefficient (Wildman–Crippen LogP) is 1.61. The van der Waals surface area contributed by atoms with Gasteiger partial charge in [0, 0.05) is 19.1 Å². The molecule has 0 aliphatic heterocycles. The lowest BCUT2D eigenvalue weighted by molar-refractivity contribution is 0.241. The second kappa shape index (κ2) is 6.09. The van der Waals surface area contributed by atoms with Gasteiger partial charge >= 0.3 is 0 Å². The van der Waals surface area contributed by atoms with Crippen LogP contribution in [0.4, 0.5) is 0 Å². The minimum atomic E-state index is 0.0104. The number of hydrogen-bond donors (Lipinski definition) is 1. The molecule has 0 amide bonds. The third-order valence-corrected chi connectivity index (χ3v) is 2.68. The number of nitrogens with zero attached hydrogens (tertiary/aromatic N) is 2. The van der Waals surface area contributed by atoms with E-state index in [2.05, 4.69) is 37.1 Å². The van der Waals surface area contributed by atoms with Crippen LogP contribution in [0.1, 0.15) is 33.6 Å². The molecule has 1 atom stereocenters.